The van der Waals surface area contributed by atoms with Crippen LogP contribution in [-0.4, -0.2) is 28.3 Å². The molecule has 0 fully saturated rings. The van der Waals surface area contributed by atoms with Crippen molar-refractivity contribution in [1.82, 2.24) is 4.57 Å². The Labute approximate surface area is 257 Å². The second-order valence-electron chi connectivity index (χ2n) is 11.6. The lowest BCUT2D eigenvalue weighted by molar-refractivity contribution is -0.155. The smallest absolute Gasteiger partial charge is 0.419 e. The number of hydrogen-bond acceptors (Lipinski definition) is 5. The van der Waals surface area contributed by atoms with E-state index in [1.165, 1.54) is 4.57 Å². The Morgan fingerprint density at radius 3 is 2.09 bits per heavy atom. The summed E-state index contributed by atoms with van der Waals surface area (Å²) in [7, 11) is 0. The predicted molar refractivity (Wildman–Crippen MR) is 170 cm³/mol. The highest BCUT2D eigenvalue weighted by atomic mass is 35.5. The van der Waals surface area contributed by atoms with Crippen LogP contribution < -0.4 is 5.73 Å². The standard InChI is InChI=1S/C36H35ClN2O4/c1-24-18-20-27(21-19-24)36(26-12-6-5-7-13-26,29-15-9-10-16-30(29)37)42-33(40)31(38)22-25-23-39(34(41)43-35(2,3)4)32-17-11-8-14-28(25)32/h5-21,23,31H,22,38H2,1-4H3/t31-,36?/m1/s1. The van der Waals surface area contributed by atoms with Gasteiger partial charge in [0, 0.05) is 39.7 Å². The molecule has 7 heteroatoms. The van der Waals surface area contributed by atoms with E-state index in [0.29, 0.717) is 16.1 Å². The minimum absolute atomic E-state index is 0.135. The predicted octanol–water partition coefficient (Wildman–Crippen LogP) is 7.79. The Morgan fingerprint density at radius 2 is 1.42 bits per heavy atom. The Balaban J connectivity index is 1.56. The lowest BCUT2D eigenvalue weighted by Crippen LogP contribution is -2.43. The molecule has 1 aromatic heterocycles. The zero-order valence-electron chi connectivity index (χ0n) is 24.7. The largest absolute Gasteiger partial charge is 0.443 e. The van der Waals surface area contributed by atoms with Gasteiger partial charge in [0.05, 0.1) is 5.52 Å². The third kappa shape index (κ3) is 6.21. The van der Waals surface area contributed by atoms with Gasteiger partial charge in [-0.3, -0.25) is 9.36 Å². The maximum atomic E-state index is 14.0. The molecule has 5 rings (SSSR count). The van der Waals surface area contributed by atoms with Gasteiger partial charge < -0.3 is 15.2 Å². The van der Waals surface area contributed by atoms with Crippen molar-refractivity contribution in [3.8, 4) is 0 Å². The van der Waals surface area contributed by atoms with Crippen molar-refractivity contribution in [1.29, 1.82) is 0 Å². The number of benzene rings is 4. The van der Waals surface area contributed by atoms with Gasteiger partial charge in [0.1, 0.15) is 11.6 Å². The molecule has 1 heterocycles. The molecule has 5 aromatic rings. The first-order valence-corrected chi connectivity index (χ1v) is 14.6. The Hall–Kier alpha value is -4.39. The lowest BCUT2D eigenvalue weighted by atomic mass is 9.79. The van der Waals surface area contributed by atoms with Crippen molar-refractivity contribution >= 4 is 34.6 Å². The van der Waals surface area contributed by atoms with E-state index in [-0.39, 0.29) is 6.42 Å². The van der Waals surface area contributed by atoms with Crippen LogP contribution in [0, 0.1) is 6.92 Å². The summed E-state index contributed by atoms with van der Waals surface area (Å²) in [5.74, 6) is -0.613. The number of carbonyl (C=O) groups excluding carboxylic acids is 2. The number of rotatable bonds is 7. The number of nitrogens with two attached hydrogens (primary N) is 1. The van der Waals surface area contributed by atoms with Crippen molar-refractivity contribution in [2.75, 3.05) is 0 Å². The zero-order valence-corrected chi connectivity index (χ0v) is 25.5. The summed E-state index contributed by atoms with van der Waals surface area (Å²) in [5.41, 5.74) is 9.11. The van der Waals surface area contributed by atoms with E-state index >= 15 is 0 Å². The summed E-state index contributed by atoms with van der Waals surface area (Å²) < 4.78 is 13.6. The first-order valence-electron chi connectivity index (χ1n) is 14.2. The fraction of sp³-hybridized carbons (Fsp3) is 0.222. The first kappa shape index (κ1) is 30.1. The minimum Gasteiger partial charge on any atom is -0.443 e. The van der Waals surface area contributed by atoms with Crippen molar-refractivity contribution < 1.29 is 19.1 Å². The van der Waals surface area contributed by atoms with E-state index in [9.17, 15) is 9.59 Å². The topological polar surface area (TPSA) is 83.5 Å². The molecule has 2 N–H and O–H groups in total. The van der Waals surface area contributed by atoms with Crippen molar-refractivity contribution in [2.45, 2.75) is 51.4 Å². The normalized spacial score (nSPS) is 13.7. The Kier molecular flexibility index (Phi) is 8.45. The summed E-state index contributed by atoms with van der Waals surface area (Å²) in [6.07, 6.45) is 1.31. The molecule has 0 aliphatic carbocycles. The summed E-state index contributed by atoms with van der Waals surface area (Å²) in [6.45, 7) is 7.44. The molecule has 0 radical (unpaired) electrons. The summed E-state index contributed by atoms with van der Waals surface area (Å²) in [5, 5.41) is 1.25. The summed E-state index contributed by atoms with van der Waals surface area (Å²) >= 11 is 6.81. The number of nitrogens with zero attached hydrogens (tertiary/aromatic N) is 1. The monoisotopic (exact) mass is 594 g/mol. The van der Waals surface area contributed by atoms with E-state index in [1.807, 2.05) is 125 Å². The van der Waals surface area contributed by atoms with Gasteiger partial charge in [-0.25, -0.2) is 4.79 Å². The average molecular weight is 595 g/mol. The van der Waals surface area contributed by atoms with Crippen LogP contribution in [0.25, 0.3) is 10.9 Å². The number of carbonyl (C=O) groups is 2. The highest BCUT2D eigenvalue weighted by molar-refractivity contribution is 6.31. The number of hydrogen-bond donors (Lipinski definition) is 1. The molecule has 4 aromatic carbocycles. The van der Waals surface area contributed by atoms with Crippen LogP contribution in [0.15, 0.2) is 109 Å². The second kappa shape index (κ2) is 12.1. The fourth-order valence-electron chi connectivity index (χ4n) is 5.28. The van der Waals surface area contributed by atoms with E-state index in [2.05, 4.69) is 0 Å². The van der Waals surface area contributed by atoms with Gasteiger partial charge in [-0.1, -0.05) is 108 Å². The maximum absolute atomic E-state index is 14.0. The molecule has 0 spiro atoms. The molecule has 0 amide bonds. The first-order chi connectivity index (χ1) is 20.5. The van der Waals surface area contributed by atoms with E-state index in [0.717, 1.165) is 27.6 Å². The van der Waals surface area contributed by atoms with Gasteiger partial charge in [0.25, 0.3) is 0 Å². The summed E-state index contributed by atoms with van der Waals surface area (Å²) in [6, 6.07) is 31.1. The second-order valence-corrected chi connectivity index (χ2v) is 12.1. The molecule has 0 saturated carbocycles. The van der Waals surface area contributed by atoms with Gasteiger partial charge >= 0.3 is 12.1 Å². The van der Waals surface area contributed by atoms with E-state index in [4.69, 9.17) is 26.8 Å². The minimum atomic E-state index is -1.37. The number of aromatic nitrogens is 1. The van der Waals surface area contributed by atoms with Gasteiger partial charge in [-0.15, -0.1) is 0 Å². The molecule has 0 saturated heterocycles. The molecule has 0 aliphatic heterocycles. The molecular formula is C36H35ClN2O4. The Bertz CT molecular complexity index is 1760. The molecule has 0 bridgehead atoms. The van der Waals surface area contributed by atoms with Crippen molar-refractivity contribution in [2.24, 2.45) is 5.73 Å². The molecule has 220 valence electrons. The van der Waals surface area contributed by atoms with Gasteiger partial charge in [0.15, 0.2) is 5.60 Å². The van der Waals surface area contributed by atoms with Crippen LogP contribution in [0.2, 0.25) is 5.02 Å². The SMILES string of the molecule is Cc1ccc(C(OC(=O)[C@H](N)Cc2cn(C(=O)OC(C)(C)C)c3ccccc23)(c2ccccc2)c2ccccc2Cl)cc1. The Morgan fingerprint density at radius 1 is 0.814 bits per heavy atom. The molecule has 0 aliphatic rings. The zero-order chi connectivity index (χ0) is 30.8. The number of para-hydroxylation sites is 1. The van der Waals surface area contributed by atoms with Crippen LogP contribution in [0.5, 0.6) is 0 Å². The molecule has 1 unspecified atom stereocenters. The summed E-state index contributed by atoms with van der Waals surface area (Å²) in [4.78, 5) is 27.1. The van der Waals surface area contributed by atoms with Gasteiger partial charge in [-0.2, -0.15) is 0 Å². The lowest BCUT2D eigenvalue weighted by Gasteiger charge is -2.36. The third-order valence-electron chi connectivity index (χ3n) is 7.27. The van der Waals surface area contributed by atoms with Crippen LogP contribution in [-0.2, 0) is 26.3 Å². The number of halogens is 1. The number of fused-ring (bicyclic) bond motifs is 1. The molecule has 6 nitrogen and oxygen atoms in total. The van der Waals surface area contributed by atoms with Crippen LogP contribution >= 0.6 is 11.6 Å². The van der Waals surface area contributed by atoms with Crippen LogP contribution in [0.4, 0.5) is 4.79 Å². The van der Waals surface area contributed by atoms with Crippen LogP contribution in [0.1, 0.15) is 48.6 Å². The third-order valence-corrected chi connectivity index (χ3v) is 7.60. The molecule has 43 heavy (non-hydrogen) atoms. The van der Waals surface area contributed by atoms with Gasteiger partial charge in [0.2, 0.25) is 0 Å². The number of aryl methyl sites for hydroxylation is 1. The van der Waals surface area contributed by atoms with Crippen molar-refractivity contribution in [3.05, 3.63) is 142 Å². The highest BCUT2D eigenvalue weighted by Crippen LogP contribution is 2.44. The number of ether oxygens (including phenoxy) is 2. The number of esters is 1. The highest BCUT2D eigenvalue weighted by Gasteiger charge is 2.43. The molecule has 2 atom stereocenters. The molecular weight excluding hydrogens is 560 g/mol. The van der Waals surface area contributed by atoms with Gasteiger partial charge in [-0.05, 0) is 45.4 Å². The maximum Gasteiger partial charge on any atom is 0.419 e. The quantitative estimate of drug-likeness (QED) is 0.154. The average Bonchev–Trinajstić information content (AvgIpc) is 3.35. The van der Waals surface area contributed by atoms with E-state index in [1.54, 1.807) is 12.3 Å². The van der Waals surface area contributed by atoms with Crippen LogP contribution in [0.3, 0.4) is 0 Å². The van der Waals surface area contributed by atoms with E-state index < -0.39 is 29.3 Å². The fourth-order valence-corrected chi connectivity index (χ4v) is 5.55. The van der Waals surface area contributed by atoms with Crippen molar-refractivity contribution in [3.63, 3.8) is 0 Å².